The number of nitriles is 1. The Morgan fingerprint density at radius 3 is 2.49 bits per heavy atom. The van der Waals surface area contributed by atoms with Gasteiger partial charge in [-0.3, -0.25) is 4.79 Å². The number of thioether (sulfide) groups is 1. The van der Waals surface area contributed by atoms with Crippen LogP contribution in [0.15, 0.2) is 28.7 Å². The molecule has 1 unspecified atom stereocenters. The van der Waals surface area contributed by atoms with Gasteiger partial charge >= 0.3 is 0 Å². The summed E-state index contributed by atoms with van der Waals surface area (Å²) in [6.45, 7) is 7.99. The van der Waals surface area contributed by atoms with Crippen LogP contribution in [-0.2, 0) is 10.2 Å². The van der Waals surface area contributed by atoms with Gasteiger partial charge in [0.05, 0.1) is 18.5 Å². The van der Waals surface area contributed by atoms with E-state index in [4.69, 9.17) is 14.5 Å². The van der Waals surface area contributed by atoms with Gasteiger partial charge in [-0.15, -0.1) is 0 Å². The number of hydrogen-bond donors (Lipinski definition) is 3. The van der Waals surface area contributed by atoms with Gasteiger partial charge in [0, 0.05) is 53.1 Å². The average Bonchev–Trinajstić information content (AvgIpc) is 3.54. The highest BCUT2D eigenvalue weighted by Crippen LogP contribution is 2.45. The molecule has 0 radical (unpaired) electrons. The molecule has 1 amide bonds. The Morgan fingerprint density at radius 2 is 1.92 bits per heavy atom. The lowest BCUT2D eigenvalue weighted by Crippen LogP contribution is -2.44. The van der Waals surface area contributed by atoms with Crippen LogP contribution >= 0.6 is 11.8 Å². The second kappa shape index (κ2) is 12.3. The quantitative estimate of drug-likeness (QED) is 0.459. The monoisotopic (exact) mass is 557 g/mol. The molecule has 3 atom stereocenters. The summed E-state index contributed by atoms with van der Waals surface area (Å²) in [6.07, 6.45) is 1.32. The molecule has 2 heterocycles. The van der Waals surface area contributed by atoms with Crippen molar-refractivity contribution >= 4 is 23.4 Å². The van der Waals surface area contributed by atoms with Crippen LogP contribution in [0.1, 0.15) is 70.4 Å². The number of rotatable bonds is 5. The molecular weight excluding hydrogens is 517 g/mol. The van der Waals surface area contributed by atoms with E-state index >= 15 is 0 Å². The fraction of sp³-hybridized carbons (Fsp3) is 0.621. The molecule has 212 valence electrons. The number of aromatic nitrogens is 1. The minimum absolute atomic E-state index is 0.140. The molecule has 10 heteroatoms. The number of benzene rings is 1. The number of nitrogens with two attached hydrogens (primary N) is 1. The molecule has 0 bridgehead atoms. The molecular formula is C29H40FN5O3S. The van der Waals surface area contributed by atoms with E-state index in [0.717, 1.165) is 35.9 Å². The van der Waals surface area contributed by atoms with Gasteiger partial charge in [0.2, 0.25) is 11.8 Å². The molecule has 8 nitrogen and oxygen atoms in total. The molecule has 2 aliphatic carbocycles. The summed E-state index contributed by atoms with van der Waals surface area (Å²) >= 11 is 1.99. The van der Waals surface area contributed by atoms with Gasteiger partial charge in [-0.1, -0.05) is 20.8 Å². The van der Waals surface area contributed by atoms with E-state index in [0.29, 0.717) is 37.3 Å². The van der Waals surface area contributed by atoms with Gasteiger partial charge in [0.15, 0.2) is 5.76 Å². The van der Waals surface area contributed by atoms with E-state index in [2.05, 4.69) is 67.1 Å². The zero-order valence-electron chi connectivity index (χ0n) is 23.1. The minimum Gasteiger partial charge on any atom is -0.440 e. The topological polar surface area (TPSA) is 128 Å². The Kier molecular flexibility index (Phi) is 9.25. The molecule has 4 N–H and O–H groups in total. The van der Waals surface area contributed by atoms with Crippen LogP contribution in [0.4, 0.5) is 10.1 Å². The standard InChI is InChI=1S/C28H35FN4O2S.CH5NO/c1-27(2,3)26-31-23(21-9-6-19(29)16-22(21)25(34)32-28(17-30)10-11-28)24(35-26)18-4-7-20(8-5-18)33-12-14-36-15-13-33;2-1-3/h4-5,7-8,19,21-22H,6,9-16H2,1-3H3,(H,32,34);3H,1-2H2/t19-,21+,22?;/m0./s1. The number of anilines is 1. The second-order valence-corrected chi connectivity index (χ2v) is 12.8. The van der Waals surface area contributed by atoms with Gasteiger partial charge < -0.3 is 25.5 Å². The summed E-state index contributed by atoms with van der Waals surface area (Å²) in [6, 6.07) is 10.6. The first-order valence-corrected chi connectivity index (χ1v) is 14.9. The fourth-order valence-corrected chi connectivity index (χ4v) is 6.11. The van der Waals surface area contributed by atoms with Crippen LogP contribution in [0.5, 0.6) is 0 Å². The summed E-state index contributed by atoms with van der Waals surface area (Å²) < 4.78 is 20.9. The number of aliphatic hydroxyl groups excluding tert-OH is 1. The van der Waals surface area contributed by atoms with Gasteiger partial charge in [-0.2, -0.15) is 17.0 Å². The number of halogens is 1. The number of oxazole rings is 1. The highest BCUT2D eigenvalue weighted by molar-refractivity contribution is 7.99. The third kappa shape index (κ3) is 6.94. The van der Waals surface area contributed by atoms with Crippen molar-refractivity contribution in [1.29, 1.82) is 5.26 Å². The average molecular weight is 558 g/mol. The first-order valence-electron chi connectivity index (χ1n) is 13.7. The third-order valence-corrected chi connectivity index (χ3v) is 8.54. The molecule has 1 saturated heterocycles. The number of aliphatic hydroxyl groups is 1. The summed E-state index contributed by atoms with van der Waals surface area (Å²) in [7, 11) is 0. The van der Waals surface area contributed by atoms with E-state index in [-0.39, 0.29) is 30.4 Å². The number of carbonyl (C=O) groups excluding carboxylic acids is 1. The second-order valence-electron chi connectivity index (χ2n) is 11.6. The summed E-state index contributed by atoms with van der Waals surface area (Å²) in [4.78, 5) is 20.7. The summed E-state index contributed by atoms with van der Waals surface area (Å²) in [5.41, 5.74) is 6.15. The van der Waals surface area contributed by atoms with Crippen LogP contribution < -0.4 is 16.0 Å². The maximum Gasteiger partial charge on any atom is 0.225 e. The lowest BCUT2D eigenvalue weighted by atomic mass is 9.75. The van der Waals surface area contributed by atoms with E-state index in [9.17, 15) is 14.4 Å². The smallest absolute Gasteiger partial charge is 0.225 e. The predicted octanol–water partition coefficient (Wildman–Crippen LogP) is 4.48. The Bertz CT molecular complexity index is 1160. The number of nitrogens with one attached hydrogen (secondary N) is 1. The molecule has 1 aromatic heterocycles. The first-order chi connectivity index (χ1) is 18.6. The van der Waals surface area contributed by atoms with Crippen molar-refractivity contribution in [3.63, 3.8) is 0 Å². The van der Waals surface area contributed by atoms with Crippen molar-refractivity contribution in [2.45, 2.75) is 75.9 Å². The number of hydrogen-bond acceptors (Lipinski definition) is 8. The van der Waals surface area contributed by atoms with Gasteiger partial charge in [-0.25, -0.2) is 9.37 Å². The first kappa shape index (κ1) is 29.4. The molecule has 2 saturated carbocycles. The molecule has 2 aromatic rings. The number of nitrogens with zero attached hydrogens (tertiary/aromatic N) is 3. The number of alkyl halides is 1. The molecule has 5 rings (SSSR count). The maximum atomic E-state index is 14.6. The Labute approximate surface area is 234 Å². The predicted molar refractivity (Wildman–Crippen MR) is 152 cm³/mol. The van der Waals surface area contributed by atoms with Crippen LogP contribution in [-0.4, -0.2) is 59.0 Å². The Balaban J connectivity index is 0.00000112. The number of carbonyl (C=O) groups is 1. The zero-order chi connectivity index (χ0) is 28.2. The van der Waals surface area contributed by atoms with Crippen molar-refractivity contribution in [1.82, 2.24) is 10.3 Å². The Hall–Kier alpha value is -2.61. The lowest BCUT2D eigenvalue weighted by Gasteiger charge is -2.32. The molecule has 3 aliphatic rings. The van der Waals surface area contributed by atoms with Crippen molar-refractivity contribution in [2.75, 3.05) is 36.2 Å². The zero-order valence-corrected chi connectivity index (χ0v) is 23.9. The van der Waals surface area contributed by atoms with Gasteiger partial charge in [-0.05, 0) is 56.4 Å². The normalized spacial score (nSPS) is 24.2. The van der Waals surface area contributed by atoms with Crippen LogP contribution in [0.25, 0.3) is 11.3 Å². The van der Waals surface area contributed by atoms with Crippen molar-refractivity contribution < 1.29 is 18.7 Å². The third-order valence-electron chi connectivity index (χ3n) is 7.60. The van der Waals surface area contributed by atoms with Gasteiger partial charge in [0.1, 0.15) is 11.7 Å². The largest absolute Gasteiger partial charge is 0.440 e. The number of amides is 1. The van der Waals surface area contributed by atoms with Crippen molar-refractivity contribution in [3.05, 3.63) is 35.9 Å². The van der Waals surface area contributed by atoms with Crippen molar-refractivity contribution in [2.24, 2.45) is 11.7 Å². The summed E-state index contributed by atoms with van der Waals surface area (Å²) in [5.74, 6) is 2.46. The highest BCUT2D eigenvalue weighted by Gasteiger charge is 2.48. The maximum absolute atomic E-state index is 14.6. The van der Waals surface area contributed by atoms with Crippen LogP contribution in [0.3, 0.4) is 0 Å². The lowest BCUT2D eigenvalue weighted by molar-refractivity contribution is -0.128. The van der Waals surface area contributed by atoms with E-state index in [1.165, 1.54) is 5.69 Å². The molecule has 1 aromatic carbocycles. The van der Waals surface area contributed by atoms with Crippen molar-refractivity contribution in [3.8, 4) is 17.4 Å². The SMILES string of the molecule is CC(C)(C)c1nc([C@@H]2CC[C@H](F)CC2C(=O)NC2(C#N)CC2)c(-c2ccc(N3CCSCC3)cc2)o1.NCO. The molecule has 1 aliphatic heterocycles. The summed E-state index contributed by atoms with van der Waals surface area (Å²) in [5, 5.41) is 19.7. The van der Waals surface area contributed by atoms with Crippen LogP contribution in [0.2, 0.25) is 0 Å². The molecule has 39 heavy (non-hydrogen) atoms. The van der Waals surface area contributed by atoms with Crippen LogP contribution in [0, 0.1) is 17.2 Å². The van der Waals surface area contributed by atoms with E-state index in [1.54, 1.807) is 0 Å². The minimum atomic E-state index is -1.03. The fourth-order valence-electron chi connectivity index (χ4n) is 5.21. The Morgan fingerprint density at radius 1 is 1.28 bits per heavy atom. The molecule has 3 fully saturated rings. The highest BCUT2D eigenvalue weighted by atomic mass is 32.2. The van der Waals surface area contributed by atoms with E-state index in [1.807, 2.05) is 11.8 Å². The van der Waals surface area contributed by atoms with E-state index < -0.39 is 17.6 Å². The van der Waals surface area contributed by atoms with Gasteiger partial charge in [0.25, 0.3) is 0 Å². The molecule has 0 spiro atoms.